The Morgan fingerprint density at radius 3 is 2.32 bits per heavy atom. The van der Waals surface area contributed by atoms with Gasteiger partial charge in [0.1, 0.15) is 5.60 Å². The first-order valence-electron chi connectivity index (χ1n) is 7.11. The van der Waals surface area contributed by atoms with Gasteiger partial charge in [-0.3, -0.25) is 0 Å². The zero-order valence-electron chi connectivity index (χ0n) is 12.8. The minimum absolute atomic E-state index is 0.119. The minimum Gasteiger partial charge on any atom is -0.550 e. The standard InChI is InChI=1S/C16H20INO4/c1-16(2,3)22-15(21)18-8-12(13(9-18)14(19)20)10-4-6-11(17)7-5-10/h4-7,12-13H,8-9H2,1-3H3,(H,19,20)/p-1/t12-,13+/m1/s1. The Kier molecular flexibility index (Phi) is 4.99. The number of rotatable bonds is 2. The molecule has 0 aliphatic carbocycles. The van der Waals surface area contributed by atoms with Crippen molar-refractivity contribution >= 4 is 34.7 Å². The van der Waals surface area contributed by atoms with E-state index in [1.807, 2.05) is 24.3 Å². The molecule has 0 N–H and O–H groups in total. The molecular weight excluding hydrogens is 397 g/mol. The average molecular weight is 416 g/mol. The lowest BCUT2D eigenvalue weighted by Gasteiger charge is -2.24. The van der Waals surface area contributed by atoms with Crippen LogP contribution in [0.3, 0.4) is 0 Å². The number of benzene rings is 1. The van der Waals surface area contributed by atoms with Crippen LogP contribution >= 0.6 is 22.6 Å². The summed E-state index contributed by atoms with van der Waals surface area (Å²) in [4.78, 5) is 25.0. The molecule has 0 bridgehead atoms. The maximum Gasteiger partial charge on any atom is 0.410 e. The van der Waals surface area contributed by atoms with Crippen LogP contribution in [0.1, 0.15) is 32.3 Å². The first-order chi connectivity index (χ1) is 10.2. The van der Waals surface area contributed by atoms with E-state index in [4.69, 9.17) is 4.74 Å². The van der Waals surface area contributed by atoms with Gasteiger partial charge in [-0.2, -0.15) is 0 Å². The van der Waals surface area contributed by atoms with Crippen LogP contribution in [0.5, 0.6) is 0 Å². The summed E-state index contributed by atoms with van der Waals surface area (Å²) in [5, 5.41) is 11.4. The number of amides is 1. The number of likely N-dealkylation sites (tertiary alicyclic amines) is 1. The number of ether oxygens (including phenoxy) is 1. The first kappa shape index (κ1) is 17.1. The summed E-state index contributed by atoms with van der Waals surface area (Å²) in [6.07, 6.45) is -0.480. The van der Waals surface area contributed by atoms with Gasteiger partial charge in [-0.05, 0) is 61.1 Å². The quantitative estimate of drug-likeness (QED) is 0.692. The van der Waals surface area contributed by atoms with E-state index in [0.717, 1.165) is 9.13 Å². The predicted molar refractivity (Wildman–Crippen MR) is 88.2 cm³/mol. The summed E-state index contributed by atoms with van der Waals surface area (Å²) in [7, 11) is 0. The van der Waals surface area contributed by atoms with Crippen molar-refractivity contribution in [3.8, 4) is 0 Å². The van der Waals surface area contributed by atoms with Gasteiger partial charge in [0, 0.05) is 34.5 Å². The van der Waals surface area contributed by atoms with Crippen LogP contribution < -0.4 is 5.11 Å². The van der Waals surface area contributed by atoms with Crippen LogP contribution in [0.4, 0.5) is 4.79 Å². The maximum atomic E-state index is 12.1. The van der Waals surface area contributed by atoms with Crippen LogP contribution in [0.2, 0.25) is 0 Å². The number of hydrogen-bond acceptors (Lipinski definition) is 4. The normalized spacial score (nSPS) is 21.7. The molecule has 1 fully saturated rings. The van der Waals surface area contributed by atoms with Crippen molar-refractivity contribution in [1.82, 2.24) is 4.90 Å². The van der Waals surface area contributed by atoms with Crippen LogP contribution in [0.25, 0.3) is 0 Å². The zero-order chi connectivity index (χ0) is 16.5. The Morgan fingerprint density at radius 2 is 1.82 bits per heavy atom. The molecule has 1 aliphatic heterocycles. The summed E-state index contributed by atoms with van der Waals surface area (Å²) in [5.74, 6) is -2.11. The molecule has 5 nitrogen and oxygen atoms in total. The molecule has 0 aromatic heterocycles. The molecule has 1 amide bonds. The van der Waals surface area contributed by atoms with Gasteiger partial charge in [0.05, 0.1) is 0 Å². The van der Waals surface area contributed by atoms with Gasteiger partial charge in [0.2, 0.25) is 0 Å². The number of nitrogens with zero attached hydrogens (tertiary/aromatic N) is 1. The fraction of sp³-hybridized carbons (Fsp3) is 0.500. The highest BCUT2D eigenvalue weighted by molar-refractivity contribution is 14.1. The topological polar surface area (TPSA) is 69.7 Å². The Balaban J connectivity index is 2.18. The third-order valence-electron chi connectivity index (χ3n) is 3.57. The van der Waals surface area contributed by atoms with Crippen LogP contribution in [-0.2, 0) is 9.53 Å². The molecule has 0 radical (unpaired) electrons. The van der Waals surface area contributed by atoms with E-state index >= 15 is 0 Å². The molecule has 6 heteroatoms. The molecular formula is C16H19INO4-. The van der Waals surface area contributed by atoms with E-state index in [9.17, 15) is 14.7 Å². The van der Waals surface area contributed by atoms with E-state index in [-0.39, 0.29) is 12.5 Å². The minimum atomic E-state index is -1.13. The van der Waals surface area contributed by atoms with Crippen molar-refractivity contribution in [1.29, 1.82) is 0 Å². The summed E-state index contributed by atoms with van der Waals surface area (Å²) in [6.45, 7) is 5.80. The van der Waals surface area contributed by atoms with E-state index in [0.29, 0.717) is 6.54 Å². The molecule has 1 aliphatic rings. The zero-order valence-corrected chi connectivity index (χ0v) is 15.0. The number of carbonyl (C=O) groups is 2. The van der Waals surface area contributed by atoms with Crippen molar-refractivity contribution in [3.05, 3.63) is 33.4 Å². The number of carboxylic acid groups (broad SMARTS) is 1. The second-order valence-electron chi connectivity index (χ2n) is 6.47. The molecule has 1 aromatic carbocycles. The predicted octanol–water partition coefficient (Wildman–Crippen LogP) is 1.99. The average Bonchev–Trinajstić information content (AvgIpc) is 2.83. The second kappa shape index (κ2) is 6.44. The third kappa shape index (κ3) is 4.12. The van der Waals surface area contributed by atoms with Gasteiger partial charge in [0.15, 0.2) is 0 Å². The van der Waals surface area contributed by atoms with Gasteiger partial charge in [-0.15, -0.1) is 0 Å². The molecule has 120 valence electrons. The number of aliphatic carboxylic acids is 1. The largest absolute Gasteiger partial charge is 0.550 e. The number of halogens is 1. The van der Waals surface area contributed by atoms with Crippen LogP contribution in [0.15, 0.2) is 24.3 Å². The number of carbonyl (C=O) groups excluding carboxylic acids is 2. The Bertz CT molecular complexity index is 565. The van der Waals surface area contributed by atoms with Crippen LogP contribution in [0, 0.1) is 9.49 Å². The highest BCUT2D eigenvalue weighted by Crippen LogP contribution is 2.33. The fourth-order valence-corrected chi connectivity index (χ4v) is 2.93. The Morgan fingerprint density at radius 1 is 1.23 bits per heavy atom. The fourth-order valence-electron chi connectivity index (χ4n) is 2.57. The lowest BCUT2D eigenvalue weighted by molar-refractivity contribution is -0.311. The van der Waals surface area contributed by atoms with Gasteiger partial charge in [0.25, 0.3) is 0 Å². The van der Waals surface area contributed by atoms with Crippen LogP contribution in [-0.4, -0.2) is 35.7 Å². The molecule has 2 atom stereocenters. The molecule has 1 heterocycles. The Labute approximate surface area is 143 Å². The van der Waals surface area contributed by atoms with E-state index in [1.54, 1.807) is 20.8 Å². The van der Waals surface area contributed by atoms with Crippen molar-refractivity contribution in [2.75, 3.05) is 13.1 Å². The van der Waals surface area contributed by atoms with Crippen molar-refractivity contribution in [2.24, 2.45) is 5.92 Å². The lowest BCUT2D eigenvalue weighted by atomic mass is 9.89. The molecule has 0 saturated carbocycles. The molecule has 1 saturated heterocycles. The van der Waals surface area contributed by atoms with E-state index in [1.165, 1.54) is 4.90 Å². The molecule has 2 rings (SSSR count). The summed E-state index contributed by atoms with van der Waals surface area (Å²) >= 11 is 2.19. The summed E-state index contributed by atoms with van der Waals surface area (Å²) in [5.41, 5.74) is 0.301. The van der Waals surface area contributed by atoms with Crippen molar-refractivity contribution in [2.45, 2.75) is 32.3 Å². The second-order valence-corrected chi connectivity index (χ2v) is 7.71. The highest BCUT2D eigenvalue weighted by atomic mass is 127. The Hall–Kier alpha value is -1.31. The van der Waals surface area contributed by atoms with Gasteiger partial charge in [-0.25, -0.2) is 4.79 Å². The number of hydrogen-bond donors (Lipinski definition) is 0. The summed E-state index contributed by atoms with van der Waals surface area (Å²) < 4.78 is 6.40. The van der Waals surface area contributed by atoms with Gasteiger partial charge in [-0.1, -0.05) is 12.1 Å². The third-order valence-corrected chi connectivity index (χ3v) is 4.29. The van der Waals surface area contributed by atoms with Gasteiger partial charge >= 0.3 is 6.09 Å². The first-order valence-corrected chi connectivity index (χ1v) is 8.19. The molecule has 0 spiro atoms. The van der Waals surface area contributed by atoms with E-state index < -0.39 is 23.6 Å². The number of carboxylic acids is 1. The molecule has 22 heavy (non-hydrogen) atoms. The summed E-state index contributed by atoms with van der Waals surface area (Å²) in [6, 6.07) is 7.67. The van der Waals surface area contributed by atoms with Crippen molar-refractivity contribution in [3.63, 3.8) is 0 Å². The smallest absolute Gasteiger partial charge is 0.410 e. The SMILES string of the molecule is CC(C)(C)OC(=O)N1C[C@H](C(=O)[O-])[C@@H](c2ccc(I)cc2)C1. The monoisotopic (exact) mass is 416 g/mol. The van der Waals surface area contributed by atoms with Crippen molar-refractivity contribution < 1.29 is 19.4 Å². The molecule has 1 aromatic rings. The van der Waals surface area contributed by atoms with Gasteiger partial charge < -0.3 is 19.5 Å². The van der Waals surface area contributed by atoms with E-state index in [2.05, 4.69) is 22.6 Å². The highest BCUT2D eigenvalue weighted by Gasteiger charge is 2.38. The molecule has 0 unspecified atom stereocenters. The maximum absolute atomic E-state index is 12.1. The lowest BCUT2D eigenvalue weighted by Crippen LogP contribution is -2.38.